The summed E-state index contributed by atoms with van der Waals surface area (Å²) in [6.07, 6.45) is 0. The molecule has 4 nitrogen and oxygen atoms in total. The number of furan rings is 2. The van der Waals surface area contributed by atoms with Crippen molar-refractivity contribution < 1.29 is 8.83 Å². The van der Waals surface area contributed by atoms with Gasteiger partial charge in [0.15, 0.2) is 5.82 Å². The van der Waals surface area contributed by atoms with Crippen LogP contribution in [0.3, 0.4) is 0 Å². The minimum Gasteiger partial charge on any atom is -0.456 e. The number of hydrogen-bond donors (Lipinski definition) is 0. The maximum Gasteiger partial charge on any atom is 0.160 e. The van der Waals surface area contributed by atoms with E-state index < -0.39 is 0 Å². The second-order valence-electron chi connectivity index (χ2n) is 17.7. The van der Waals surface area contributed by atoms with Gasteiger partial charge >= 0.3 is 0 Å². The van der Waals surface area contributed by atoms with Crippen LogP contribution in [-0.4, -0.2) is 9.97 Å². The lowest BCUT2D eigenvalue weighted by atomic mass is 9.89. The Hall–Kier alpha value is -9.12. The van der Waals surface area contributed by atoms with Gasteiger partial charge in [-0.1, -0.05) is 158 Å². The van der Waals surface area contributed by atoms with Crippen molar-refractivity contribution in [1.29, 1.82) is 0 Å². The van der Waals surface area contributed by atoms with Gasteiger partial charge < -0.3 is 8.83 Å². The molecule has 0 unspecified atom stereocenters. The highest BCUT2D eigenvalue weighted by molar-refractivity contribution is 6.20. The summed E-state index contributed by atoms with van der Waals surface area (Å²) in [5, 5.41) is 11.7. The SMILES string of the molecule is c1ccc(-c2nc(-c3cc(-c4ccc5oc6ccccc6c5c4)cc(-c4ccc5oc6ccccc6c5c4)c3)cc(-c3cccc(-c4c5ccccc5cc5c4ccc4ccccc45)c3)n2)cc1. The number of hydrogen-bond acceptors (Lipinski definition) is 4. The van der Waals surface area contributed by atoms with Crippen molar-refractivity contribution >= 4 is 76.2 Å². The first-order valence-electron chi connectivity index (χ1n) is 23.0. The molecule has 14 rings (SSSR count). The molecule has 0 fully saturated rings. The molecule has 4 heteroatoms. The van der Waals surface area contributed by atoms with Crippen molar-refractivity contribution in [3.05, 3.63) is 231 Å². The Balaban J connectivity index is 0.982. The molecule has 0 N–H and O–H groups in total. The highest BCUT2D eigenvalue weighted by atomic mass is 16.3. The number of rotatable bonds is 6. The molecule has 11 aromatic carbocycles. The highest BCUT2D eigenvalue weighted by Gasteiger charge is 2.18. The molecule has 0 spiro atoms. The molecule has 68 heavy (non-hydrogen) atoms. The largest absolute Gasteiger partial charge is 0.456 e. The summed E-state index contributed by atoms with van der Waals surface area (Å²) in [7, 11) is 0. The Morgan fingerprint density at radius 1 is 0.235 bits per heavy atom. The van der Waals surface area contributed by atoms with Gasteiger partial charge in [-0.15, -0.1) is 0 Å². The van der Waals surface area contributed by atoms with Crippen LogP contribution < -0.4 is 0 Å². The molecule has 0 saturated heterocycles. The van der Waals surface area contributed by atoms with Crippen molar-refractivity contribution in [3.8, 4) is 67.3 Å². The van der Waals surface area contributed by atoms with Gasteiger partial charge in [0, 0.05) is 38.2 Å². The van der Waals surface area contributed by atoms with E-state index >= 15 is 0 Å². The number of nitrogens with zero attached hydrogens (tertiary/aromatic N) is 2. The third kappa shape index (κ3) is 6.30. The van der Waals surface area contributed by atoms with Gasteiger partial charge in [0.25, 0.3) is 0 Å². The van der Waals surface area contributed by atoms with Crippen molar-refractivity contribution in [2.45, 2.75) is 0 Å². The van der Waals surface area contributed by atoms with E-state index in [-0.39, 0.29) is 0 Å². The summed E-state index contributed by atoms with van der Waals surface area (Å²) in [6.45, 7) is 0. The molecule has 0 aliphatic heterocycles. The predicted molar refractivity (Wildman–Crippen MR) is 282 cm³/mol. The first-order chi connectivity index (χ1) is 33.6. The second kappa shape index (κ2) is 15.2. The van der Waals surface area contributed by atoms with E-state index in [0.717, 1.165) is 99.8 Å². The van der Waals surface area contributed by atoms with Crippen LogP contribution in [0.15, 0.2) is 239 Å². The lowest BCUT2D eigenvalue weighted by Crippen LogP contribution is -1.97. The molecule has 0 amide bonds. The monoisotopic (exact) mass is 866 g/mol. The first-order valence-corrected chi connectivity index (χ1v) is 23.0. The van der Waals surface area contributed by atoms with Gasteiger partial charge in [-0.05, 0) is 138 Å². The molecule has 3 aromatic heterocycles. The zero-order valence-electron chi connectivity index (χ0n) is 36.7. The van der Waals surface area contributed by atoms with Crippen LogP contribution >= 0.6 is 0 Å². The normalized spacial score (nSPS) is 11.8. The minimum atomic E-state index is 0.662. The first kappa shape index (κ1) is 38.2. The van der Waals surface area contributed by atoms with E-state index in [4.69, 9.17) is 18.8 Å². The molecule has 0 atom stereocenters. The fourth-order valence-electron chi connectivity index (χ4n) is 10.3. The number of para-hydroxylation sites is 2. The molecule has 14 aromatic rings. The van der Waals surface area contributed by atoms with Crippen molar-refractivity contribution in [2.75, 3.05) is 0 Å². The molecule has 316 valence electrons. The van der Waals surface area contributed by atoms with Gasteiger partial charge in [-0.3, -0.25) is 0 Å². The van der Waals surface area contributed by atoms with Crippen LogP contribution in [0.4, 0.5) is 0 Å². The smallest absolute Gasteiger partial charge is 0.160 e. The van der Waals surface area contributed by atoms with Crippen LogP contribution in [0.5, 0.6) is 0 Å². The molecule has 0 saturated carbocycles. The summed E-state index contributed by atoms with van der Waals surface area (Å²) in [6, 6.07) is 81.9. The second-order valence-corrected chi connectivity index (χ2v) is 17.7. The highest BCUT2D eigenvalue weighted by Crippen LogP contribution is 2.42. The van der Waals surface area contributed by atoms with Crippen LogP contribution in [0.25, 0.3) is 143 Å². The Kier molecular flexibility index (Phi) is 8.55. The number of benzene rings is 11. The van der Waals surface area contributed by atoms with Crippen molar-refractivity contribution in [2.24, 2.45) is 0 Å². The molecular weight excluding hydrogens is 829 g/mol. The van der Waals surface area contributed by atoms with Gasteiger partial charge in [-0.2, -0.15) is 0 Å². The predicted octanol–water partition coefficient (Wildman–Crippen LogP) is 17.7. The molecule has 0 bridgehead atoms. The molecule has 0 radical (unpaired) electrons. The van der Waals surface area contributed by atoms with Crippen LogP contribution in [0.1, 0.15) is 0 Å². The Labute approximate surface area is 391 Å². The maximum absolute atomic E-state index is 6.28. The maximum atomic E-state index is 6.28. The summed E-state index contributed by atoms with van der Waals surface area (Å²) in [4.78, 5) is 10.7. The van der Waals surface area contributed by atoms with Crippen LogP contribution in [-0.2, 0) is 0 Å². The third-order valence-electron chi connectivity index (χ3n) is 13.6. The molecule has 0 aliphatic rings. The van der Waals surface area contributed by atoms with Crippen molar-refractivity contribution in [1.82, 2.24) is 9.97 Å². The zero-order valence-corrected chi connectivity index (χ0v) is 36.7. The lowest BCUT2D eigenvalue weighted by Gasteiger charge is -2.16. The summed E-state index contributed by atoms with van der Waals surface area (Å²) in [5.74, 6) is 0.662. The van der Waals surface area contributed by atoms with Gasteiger partial charge in [0.05, 0.1) is 11.4 Å². The Morgan fingerprint density at radius 3 is 1.44 bits per heavy atom. The quantitative estimate of drug-likeness (QED) is 0.123. The molecular formula is C64H38N2O2. The van der Waals surface area contributed by atoms with Gasteiger partial charge in [0.2, 0.25) is 0 Å². The standard InChI is InChI=1S/C64H38N2O2/c1-2-14-40(15-3-1)64-65-57(44-17-12-18-45(31-44)63-50-20-7-5-16-43(50)37-54-49-19-6-4-13-39(49)25-28-53(54)63)38-58(66-64)48-33-46(41-26-29-61-55(35-41)51-21-8-10-23-59(51)67-61)32-47(34-48)42-27-30-62-56(36-42)52-22-9-11-24-60(52)68-62/h1-38H. The zero-order chi connectivity index (χ0) is 44.7. The number of fused-ring (bicyclic) bond motifs is 10. The average Bonchev–Trinajstić information content (AvgIpc) is 3.98. The molecule has 3 heterocycles. The van der Waals surface area contributed by atoms with Crippen LogP contribution in [0, 0.1) is 0 Å². The summed E-state index contributed by atoms with van der Waals surface area (Å²) in [5.41, 5.74) is 14.8. The fourth-order valence-corrected chi connectivity index (χ4v) is 10.3. The summed E-state index contributed by atoms with van der Waals surface area (Å²) < 4.78 is 12.6. The van der Waals surface area contributed by atoms with E-state index in [1.165, 1.54) is 37.9 Å². The number of aromatic nitrogens is 2. The lowest BCUT2D eigenvalue weighted by molar-refractivity contribution is 0.668. The van der Waals surface area contributed by atoms with Gasteiger partial charge in [-0.25, -0.2) is 9.97 Å². The van der Waals surface area contributed by atoms with Gasteiger partial charge in [0.1, 0.15) is 22.3 Å². The van der Waals surface area contributed by atoms with E-state index in [2.05, 4.69) is 188 Å². The van der Waals surface area contributed by atoms with E-state index in [1.54, 1.807) is 0 Å². The third-order valence-corrected chi connectivity index (χ3v) is 13.6. The van der Waals surface area contributed by atoms with E-state index in [0.29, 0.717) is 5.82 Å². The average molecular weight is 867 g/mol. The molecule has 0 aliphatic carbocycles. The topological polar surface area (TPSA) is 52.1 Å². The fraction of sp³-hybridized carbons (Fsp3) is 0. The van der Waals surface area contributed by atoms with E-state index in [1.807, 2.05) is 42.5 Å². The Morgan fingerprint density at radius 2 is 0.750 bits per heavy atom. The van der Waals surface area contributed by atoms with Crippen molar-refractivity contribution in [3.63, 3.8) is 0 Å². The Bertz CT molecular complexity index is 4200. The minimum absolute atomic E-state index is 0.662. The van der Waals surface area contributed by atoms with Crippen LogP contribution in [0.2, 0.25) is 0 Å². The summed E-state index contributed by atoms with van der Waals surface area (Å²) >= 11 is 0. The van der Waals surface area contributed by atoms with E-state index in [9.17, 15) is 0 Å².